The van der Waals surface area contributed by atoms with E-state index in [4.69, 9.17) is 11.6 Å². The van der Waals surface area contributed by atoms with Crippen molar-refractivity contribution in [2.45, 2.75) is 6.92 Å². The highest BCUT2D eigenvalue weighted by Crippen LogP contribution is 2.25. The van der Waals surface area contributed by atoms with Gasteiger partial charge in [-0.15, -0.1) is 0 Å². The zero-order valence-electron chi connectivity index (χ0n) is 16.2. The molecule has 0 aliphatic rings. The zero-order chi connectivity index (χ0) is 22.1. The number of hydrogen-bond acceptors (Lipinski definition) is 5. The fraction of sp³-hybridized carbons (Fsp3) is 0.0455. The molecular formula is C22H15ClN4O4. The van der Waals surface area contributed by atoms with E-state index in [2.05, 4.69) is 10.3 Å². The highest BCUT2D eigenvalue weighted by atomic mass is 35.5. The maximum absolute atomic E-state index is 12.9. The molecule has 4 rings (SSSR count). The average molecular weight is 435 g/mol. The number of nitro groups is 1. The Kier molecular flexibility index (Phi) is 5.22. The van der Waals surface area contributed by atoms with Crippen molar-refractivity contribution in [1.29, 1.82) is 0 Å². The molecule has 0 spiro atoms. The van der Waals surface area contributed by atoms with Crippen molar-refractivity contribution in [3.63, 3.8) is 0 Å². The molecule has 0 atom stereocenters. The van der Waals surface area contributed by atoms with E-state index >= 15 is 0 Å². The summed E-state index contributed by atoms with van der Waals surface area (Å²) < 4.78 is 1.50. The Morgan fingerprint density at radius 1 is 1.10 bits per heavy atom. The number of carbonyl (C=O) groups excluding carboxylic acids is 1. The van der Waals surface area contributed by atoms with E-state index in [1.807, 2.05) is 6.07 Å². The molecule has 4 aromatic rings. The molecule has 0 saturated carbocycles. The van der Waals surface area contributed by atoms with Gasteiger partial charge in [-0.2, -0.15) is 0 Å². The minimum absolute atomic E-state index is 0.0456. The quantitative estimate of drug-likeness (QED) is 0.375. The molecule has 0 bridgehead atoms. The lowest BCUT2D eigenvalue weighted by atomic mass is 10.1. The lowest BCUT2D eigenvalue weighted by molar-refractivity contribution is -0.384. The number of para-hydroxylation sites is 1. The number of fused-ring (bicyclic) bond motifs is 1. The summed E-state index contributed by atoms with van der Waals surface area (Å²) in [5, 5.41) is 14.2. The van der Waals surface area contributed by atoms with Crippen LogP contribution in [0.5, 0.6) is 0 Å². The molecule has 1 N–H and O–H groups in total. The monoisotopic (exact) mass is 434 g/mol. The summed E-state index contributed by atoms with van der Waals surface area (Å²) in [5.74, 6) is 0.0159. The first-order valence-electron chi connectivity index (χ1n) is 9.19. The normalized spacial score (nSPS) is 10.8. The van der Waals surface area contributed by atoms with Gasteiger partial charge in [0.25, 0.3) is 17.2 Å². The average Bonchev–Trinajstić information content (AvgIpc) is 2.75. The molecule has 3 aromatic carbocycles. The van der Waals surface area contributed by atoms with Gasteiger partial charge in [-0.05, 0) is 55.5 Å². The van der Waals surface area contributed by atoms with E-state index in [1.165, 1.54) is 16.7 Å². The summed E-state index contributed by atoms with van der Waals surface area (Å²) in [7, 11) is 0. The van der Waals surface area contributed by atoms with E-state index in [0.29, 0.717) is 28.1 Å². The number of nitrogens with zero attached hydrogens (tertiary/aromatic N) is 3. The van der Waals surface area contributed by atoms with Crippen LogP contribution in [-0.2, 0) is 0 Å². The number of aromatic nitrogens is 2. The van der Waals surface area contributed by atoms with Crippen LogP contribution in [-0.4, -0.2) is 20.4 Å². The SMILES string of the molecule is Cc1nc2ccccc2c(=O)n1-c1ccc(NC(=O)c2ccc(Cl)c([N+](=O)[O-])c2)cc1. The topological polar surface area (TPSA) is 107 Å². The van der Waals surface area contributed by atoms with E-state index < -0.39 is 10.8 Å². The number of amides is 1. The molecule has 0 aliphatic carbocycles. The third-order valence-corrected chi connectivity index (χ3v) is 5.05. The Morgan fingerprint density at radius 2 is 1.81 bits per heavy atom. The van der Waals surface area contributed by atoms with Gasteiger partial charge in [-0.1, -0.05) is 23.7 Å². The lowest BCUT2D eigenvalue weighted by Gasteiger charge is -2.12. The van der Waals surface area contributed by atoms with Crippen LogP contribution in [0.3, 0.4) is 0 Å². The van der Waals surface area contributed by atoms with Crippen molar-refractivity contribution in [3.05, 3.63) is 104 Å². The number of halogens is 1. The zero-order valence-corrected chi connectivity index (χ0v) is 17.0. The molecule has 0 radical (unpaired) electrons. The van der Waals surface area contributed by atoms with Gasteiger partial charge in [0.1, 0.15) is 10.8 Å². The third kappa shape index (κ3) is 3.88. The predicted octanol–water partition coefficient (Wildman–Crippen LogP) is 4.51. The number of nitro benzene ring substituents is 1. The van der Waals surface area contributed by atoms with Crippen LogP contribution in [0, 0.1) is 17.0 Å². The van der Waals surface area contributed by atoms with Crippen molar-refractivity contribution in [2.24, 2.45) is 0 Å². The van der Waals surface area contributed by atoms with Gasteiger partial charge in [-0.25, -0.2) is 4.98 Å². The Labute approximate surface area is 180 Å². The van der Waals surface area contributed by atoms with E-state index in [-0.39, 0.29) is 21.8 Å². The summed E-state index contributed by atoms with van der Waals surface area (Å²) in [6, 6.07) is 17.6. The smallest absolute Gasteiger partial charge is 0.288 e. The van der Waals surface area contributed by atoms with Gasteiger partial charge in [0, 0.05) is 17.3 Å². The summed E-state index contributed by atoms with van der Waals surface area (Å²) in [4.78, 5) is 40.2. The van der Waals surface area contributed by atoms with Crippen LogP contribution in [0.1, 0.15) is 16.2 Å². The third-order valence-electron chi connectivity index (χ3n) is 4.73. The maximum Gasteiger partial charge on any atom is 0.288 e. The van der Waals surface area contributed by atoms with Gasteiger partial charge in [-0.3, -0.25) is 24.3 Å². The molecular weight excluding hydrogens is 420 g/mol. The van der Waals surface area contributed by atoms with E-state index in [0.717, 1.165) is 6.07 Å². The Hall–Kier alpha value is -4.04. The van der Waals surface area contributed by atoms with Crippen LogP contribution < -0.4 is 10.9 Å². The van der Waals surface area contributed by atoms with Gasteiger partial charge < -0.3 is 5.32 Å². The first-order chi connectivity index (χ1) is 14.8. The fourth-order valence-electron chi connectivity index (χ4n) is 3.24. The molecule has 0 fully saturated rings. The fourth-order valence-corrected chi connectivity index (χ4v) is 3.43. The Bertz CT molecular complexity index is 1400. The Morgan fingerprint density at radius 3 is 2.52 bits per heavy atom. The number of hydrogen-bond donors (Lipinski definition) is 1. The van der Waals surface area contributed by atoms with E-state index in [1.54, 1.807) is 49.4 Å². The highest BCUT2D eigenvalue weighted by Gasteiger charge is 2.16. The molecule has 31 heavy (non-hydrogen) atoms. The predicted molar refractivity (Wildman–Crippen MR) is 118 cm³/mol. The number of nitrogens with one attached hydrogen (secondary N) is 1. The molecule has 154 valence electrons. The molecule has 0 aliphatic heterocycles. The highest BCUT2D eigenvalue weighted by molar-refractivity contribution is 6.32. The first kappa shape index (κ1) is 20.2. The molecule has 0 saturated heterocycles. The van der Waals surface area contributed by atoms with Crippen molar-refractivity contribution in [3.8, 4) is 5.69 Å². The van der Waals surface area contributed by atoms with Crippen molar-refractivity contribution >= 4 is 39.8 Å². The molecule has 8 nitrogen and oxygen atoms in total. The van der Waals surface area contributed by atoms with Gasteiger partial charge in [0.2, 0.25) is 0 Å². The largest absolute Gasteiger partial charge is 0.322 e. The van der Waals surface area contributed by atoms with Gasteiger partial charge >= 0.3 is 0 Å². The van der Waals surface area contributed by atoms with Crippen LogP contribution in [0.2, 0.25) is 5.02 Å². The summed E-state index contributed by atoms with van der Waals surface area (Å²) >= 11 is 5.79. The first-order valence-corrected chi connectivity index (χ1v) is 9.57. The van der Waals surface area contributed by atoms with Crippen molar-refractivity contribution in [1.82, 2.24) is 9.55 Å². The number of rotatable bonds is 4. The number of aryl methyl sites for hydroxylation is 1. The lowest BCUT2D eigenvalue weighted by Crippen LogP contribution is -2.22. The second-order valence-corrected chi connectivity index (χ2v) is 7.15. The maximum atomic E-state index is 12.9. The standard InChI is InChI=1S/C22H15ClN4O4/c1-13-24-19-5-3-2-4-17(19)22(29)26(13)16-9-7-15(8-10-16)25-21(28)14-6-11-18(23)20(12-14)27(30)31/h2-12H,1H3,(H,25,28). The molecule has 1 heterocycles. The van der Waals surface area contributed by atoms with Crippen LogP contribution in [0.15, 0.2) is 71.5 Å². The number of anilines is 1. The van der Waals surface area contributed by atoms with Crippen LogP contribution >= 0.6 is 11.6 Å². The second-order valence-electron chi connectivity index (χ2n) is 6.74. The van der Waals surface area contributed by atoms with Crippen LogP contribution in [0.25, 0.3) is 16.6 Å². The van der Waals surface area contributed by atoms with Crippen molar-refractivity contribution < 1.29 is 9.72 Å². The second kappa shape index (κ2) is 8.00. The van der Waals surface area contributed by atoms with Crippen LogP contribution in [0.4, 0.5) is 11.4 Å². The van der Waals surface area contributed by atoms with Gasteiger partial charge in [0.05, 0.1) is 21.5 Å². The summed E-state index contributed by atoms with van der Waals surface area (Å²) in [6.45, 7) is 1.75. The molecule has 1 amide bonds. The molecule has 0 unspecified atom stereocenters. The summed E-state index contributed by atoms with van der Waals surface area (Å²) in [5.41, 5.74) is 1.26. The minimum Gasteiger partial charge on any atom is -0.322 e. The molecule has 9 heteroatoms. The van der Waals surface area contributed by atoms with Gasteiger partial charge in [0.15, 0.2) is 0 Å². The number of carbonyl (C=O) groups is 1. The van der Waals surface area contributed by atoms with E-state index in [9.17, 15) is 19.7 Å². The summed E-state index contributed by atoms with van der Waals surface area (Å²) in [6.07, 6.45) is 0. The van der Waals surface area contributed by atoms with Crippen molar-refractivity contribution in [2.75, 3.05) is 5.32 Å². The Balaban J connectivity index is 1.62. The number of benzene rings is 3. The minimum atomic E-state index is -0.647. The molecule has 1 aromatic heterocycles.